The second-order valence-electron chi connectivity index (χ2n) is 6.18. The van der Waals surface area contributed by atoms with Gasteiger partial charge in [0.05, 0.1) is 18.2 Å². The Morgan fingerprint density at radius 2 is 2.33 bits per heavy atom. The van der Waals surface area contributed by atoms with E-state index < -0.39 is 5.41 Å². The number of hydrogen-bond donors (Lipinski definition) is 1. The molecule has 2 unspecified atom stereocenters. The van der Waals surface area contributed by atoms with Crippen molar-refractivity contribution in [2.24, 2.45) is 5.41 Å². The number of fused-ring (bicyclic) bond motifs is 1. The molecule has 1 aliphatic heterocycles. The molecule has 1 N–H and O–H groups in total. The number of amides is 2. The van der Waals surface area contributed by atoms with Gasteiger partial charge in [0, 0.05) is 19.5 Å². The lowest BCUT2D eigenvalue weighted by Crippen LogP contribution is -2.60. The van der Waals surface area contributed by atoms with Gasteiger partial charge in [0.25, 0.3) is 0 Å². The van der Waals surface area contributed by atoms with Crippen LogP contribution in [0, 0.1) is 5.41 Å². The molecule has 5 nitrogen and oxygen atoms in total. The molecule has 1 aliphatic carbocycles. The van der Waals surface area contributed by atoms with Crippen LogP contribution in [0.4, 0.5) is 0 Å². The third-order valence-electron chi connectivity index (χ3n) is 5.09. The number of nitrogens with zero attached hydrogens (tertiary/aromatic N) is 1. The monoisotopic (exact) mass is 290 g/mol. The first-order chi connectivity index (χ1) is 10.1. The second-order valence-corrected chi connectivity index (χ2v) is 6.18. The van der Waals surface area contributed by atoms with E-state index in [0.29, 0.717) is 19.4 Å². The first-order valence-corrected chi connectivity index (χ1v) is 7.70. The summed E-state index contributed by atoms with van der Waals surface area (Å²) in [7, 11) is 1.84. The first kappa shape index (κ1) is 14.2. The van der Waals surface area contributed by atoms with Crippen LogP contribution < -0.4 is 5.32 Å². The number of likely N-dealkylation sites (tertiary alicyclic amines) is 1. The molecule has 1 aromatic heterocycles. The fraction of sp³-hybridized carbons (Fsp3) is 0.625. The van der Waals surface area contributed by atoms with Crippen molar-refractivity contribution in [2.75, 3.05) is 7.05 Å². The molecule has 1 saturated carbocycles. The first-order valence-electron chi connectivity index (χ1n) is 7.70. The molecule has 2 fully saturated rings. The van der Waals surface area contributed by atoms with E-state index in [2.05, 4.69) is 5.32 Å². The third kappa shape index (κ3) is 2.45. The van der Waals surface area contributed by atoms with Crippen LogP contribution in [0.5, 0.6) is 0 Å². The van der Waals surface area contributed by atoms with Gasteiger partial charge in [-0.25, -0.2) is 0 Å². The molecular formula is C16H22N2O3. The van der Waals surface area contributed by atoms with Gasteiger partial charge in [-0.1, -0.05) is 12.8 Å². The summed E-state index contributed by atoms with van der Waals surface area (Å²) in [5, 5.41) is 3.01. The second kappa shape index (κ2) is 5.54. The van der Waals surface area contributed by atoms with Gasteiger partial charge in [-0.05, 0) is 31.4 Å². The summed E-state index contributed by atoms with van der Waals surface area (Å²) in [4.78, 5) is 26.5. The average Bonchev–Trinajstić information content (AvgIpc) is 3.02. The predicted molar refractivity (Wildman–Crippen MR) is 77.2 cm³/mol. The van der Waals surface area contributed by atoms with Crippen molar-refractivity contribution in [3.8, 4) is 0 Å². The highest BCUT2D eigenvalue weighted by molar-refractivity contribution is 5.87. The fourth-order valence-corrected chi connectivity index (χ4v) is 3.89. The fourth-order valence-electron chi connectivity index (χ4n) is 3.89. The minimum atomic E-state index is -0.409. The van der Waals surface area contributed by atoms with Crippen LogP contribution in [0.3, 0.4) is 0 Å². The van der Waals surface area contributed by atoms with E-state index in [-0.39, 0.29) is 17.9 Å². The highest BCUT2D eigenvalue weighted by Crippen LogP contribution is 2.46. The molecule has 2 aliphatic rings. The Bertz CT molecular complexity index is 526. The molecular weight excluding hydrogens is 268 g/mol. The standard InChI is InChI=1S/C16H22N2O3/c1-18-13-6-2-3-8-16(13,9-7-14(18)19)15(20)17-11-12-5-4-10-21-12/h4-5,10,13H,2-3,6-9,11H2,1H3,(H,17,20). The van der Waals surface area contributed by atoms with Crippen molar-refractivity contribution >= 4 is 11.8 Å². The van der Waals surface area contributed by atoms with Crippen molar-refractivity contribution in [3.63, 3.8) is 0 Å². The Morgan fingerprint density at radius 3 is 3.10 bits per heavy atom. The Morgan fingerprint density at radius 1 is 1.48 bits per heavy atom. The quantitative estimate of drug-likeness (QED) is 0.927. The van der Waals surface area contributed by atoms with E-state index in [4.69, 9.17) is 4.42 Å². The summed E-state index contributed by atoms with van der Waals surface area (Å²) in [5.41, 5.74) is -0.409. The zero-order chi connectivity index (χ0) is 14.9. The zero-order valence-corrected chi connectivity index (χ0v) is 12.4. The molecule has 3 rings (SSSR count). The van der Waals surface area contributed by atoms with E-state index in [0.717, 1.165) is 31.4 Å². The molecule has 5 heteroatoms. The maximum atomic E-state index is 12.8. The van der Waals surface area contributed by atoms with Gasteiger partial charge in [-0.2, -0.15) is 0 Å². The van der Waals surface area contributed by atoms with Crippen LogP contribution >= 0.6 is 0 Å². The largest absolute Gasteiger partial charge is 0.467 e. The molecule has 21 heavy (non-hydrogen) atoms. The SMILES string of the molecule is CN1C(=O)CCC2(C(=O)NCc3ccco3)CCCCC12. The van der Waals surface area contributed by atoms with Crippen molar-refractivity contribution in [1.29, 1.82) is 0 Å². The lowest BCUT2D eigenvalue weighted by molar-refractivity contribution is -0.153. The van der Waals surface area contributed by atoms with Crippen LogP contribution in [0.25, 0.3) is 0 Å². The van der Waals surface area contributed by atoms with Crippen LogP contribution in [0.1, 0.15) is 44.3 Å². The van der Waals surface area contributed by atoms with Gasteiger partial charge >= 0.3 is 0 Å². The highest BCUT2D eigenvalue weighted by Gasteiger charge is 2.52. The molecule has 114 valence electrons. The Kier molecular flexibility index (Phi) is 3.74. The number of carbonyl (C=O) groups is 2. The molecule has 0 aromatic carbocycles. The van der Waals surface area contributed by atoms with E-state index in [1.807, 2.05) is 19.2 Å². The van der Waals surface area contributed by atoms with Crippen LogP contribution in [0.15, 0.2) is 22.8 Å². The smallest absolute Gasteiger partial charge is 0.228 e. The summed E-state index contributed by atoms with van der Waals surface area (Å²) in [6, 6.07) is 3.72. The van der Waals surface area contributed by atoms with Crippen molar-refractivity contribution in [1.82, 2.24) is 10.2 Å². The molecule has 2 atom stereocenters. The zero-order valence-electron chi connectivity index (χ0n) is 12.4. The van der Waals surface area contributed by atoms with E-state index in [1.165, 1.54) is 0 Å². The molecule has 2 heterocycles. The van der Waals surface area contributed by atoms with Crippen LogP contribution in [0.2, 0.25) is 0 Å². The molecule has 0 bridgehead atoms. The van der Waals surface area contributed by atoms with Gasteiger partial charge in [-0.3, -0.25) is 9.59 Å². The Labute approximate surface area is 124 Å². The van der Waals surface area contributed by atoms with Gasteiger partial charge in [0.2, 0.25) is 11.8 Å². The minimum Gasteiger partial charge on any atom is -0.467 e. The maximum absolute atomic E-state index is 12.8. The molecule has 1 aromatic rings. The van der Waals surface area contributed by atoms with Crippen molar-refractivity contribution in [2.45, 2.75) is 51.1 Å². The number of carbonyl (C=O) groups excluding carboxylic acids is 2. The molecule has 0 spiro atoms. The summed E-state index contributed by atoms with van der Waals surface area (Å²) in [6.45, 7) is 0.415. The maximum Gasteiger partial charge on any atom is 0.228 e. The summed E-state index contributed by atoms with van der Waals surface area (Å²) in [6.07, 6.45) is 6.71. The van der Waals surface area contributed by atoms with Crippen LogP contribution in [-0.4, -0.2) is 29.8 Å². The number of furan rings is 1. The summed E-state index contributed by atoms with van der Waals surface area (Å²) in [5.74, 6) is 0.992. The number of rotatable bonds is 3. The lowest BCUT2D eigenvalue weighted by Gasteiger charge is -2.50. The van der Waals surface area contributed by atoms with Crippen LogP contribution in [-0.2, 0) is 16.1 Å². The average molecular weight is 290 g/mol. The van der Waals surface area contributed by atoms with Gasteiger partial charge in [0.15, 0.2) is 0 Å². The highest BCUT2D eigenvalue weighted by atomic mass is 16.3. The number of piperidine rings is 1. The van der Waals surface area contributed by atoms with E-state index in [9.17, 15) is 9.59 Å². The molecule has 1 saturated heterocycles. The summed E-state index contributed by atoms with van der Waals surface area (Å²) >= 11 is 0. The third-order valence-corrected chi connectivity index (χ3v) is 5.09. The topological polar surface area (TPSA) is 62.6 Å². The van der Waals surface area contributed by atoms with E-state index >= 15 is 0 Å². The number of nitrogens with one attached hydrogen (secondary N) is 1. The van der Waals surface area contributed by atoms with Gasteiger partial charge < -0.3 is 14.6 Å². The van der Waals surface area contributed by atoms with Crippen molar-refractivity contribution in [3.05, 3.63) is 24.2 Å². The van der Waals surface area contributed by atoms with E-state index in [1.54, 1.807) is 11.2 Å². The Balaban J connectivity index is 1.75. The minimum absolute atomic E-state index is 0.0455. The molecule has 0 radical (unpaired) electrons. The predicted octanol–water partition coefficient (Wildman–Crippen LogP) is 2.08. The number of hydrogen-bond acceptors (Lipinski definition) is 3. The lowest BCUT2D eigenvalue weighted by atomic mass is 9.64. The van der Waals surface area contributed by atoms with Gasteiger partial charge in [-0.15, -0.1) is 0 Å². The normalized spacial score (nSPS) is 29.1. The van der Waals surface area contributed by atoms with Crippen molar-refractivity contribution < 1.29 is 14.0 Å². The Hall–Kier alpha value is -1.78. The van der Waals surface area contributed by atoms with Gasteiger partial charge in [0.1, 0.15) is 5.76 Å². The summed E-state index contributed by atoms with van der Waals surface area (Å²) < 4.78 is 5.26. The molecule has 2 amide bonds.